The Labute approximate surface area is 234 Å². The summed E-state index contributed by atoms with van der Waals surface area (Å²) >= 11 is 0. The zero-order valence-electron chi connectivity index (χ0n) is 23.4. The number of halogens is 3. The number of carbonyl (C=O) groups excluding carboxylic acids is 1. The van der Waals surface area contributed by atoms with Crippen molar-refractivity contribution in [3.63, 3.8) is 0 Å². The van der Waals surface area contributed by atoms with E-state index in [1.165, 1.54) is 17.7 Å². The van der Waals surface area contributed by atoms with Gasteiger partial charge in [0, 0.05) is 29.2 Å². The molecule has 0 bridgehead atoms. The van der Waals surface area contributed by atoms with Crippen LogP contribution in [0.15, 0.2) is 42.5 Å². The fraction of sp³-hybridized carbons (Fsp3) is 0.567. The van der Waals surface area contributed by atoms with Gasteiger partial charge in [-0.05, 0) is 101 Å². The lowest BCUT2D eigenvalue weighted by Crippen LogP contribution is -2.56. The fourth-order valence-electron chi connectivity index (χ4n) is 7.09. The maximum absolute atomic E-state index is 13.1. The van der Waals surface area contributed by atoms with Gasteiger partial charge in [0.1, 0.15) is 0 Å². The maximum Gasteiger partial charge on any atom is 0.416 e. The van der Waals surface area contributed by atoms with Crippen LogP contribution in [0.2, 0.25) is 0 Å². The summed E-state index contributed by atoms with van der Waals surface area (Å²) in [6, 6.07) is 11.1. The molecule has 40 heavy (non-hydrogen) atoms. The van der Waals surface area contributed by atoms with E-state index in [9.17, 15) is 18.0 Å². The van der Waals surface area contributed by atoms with E-state index >= 15 is 0 Å². The summed E-state index contributed by atoms with van der Waals surface area (Å²) in [7, 11) is 5.45. The Morgan fingerprint density at radius 2 is 1.73 bits per heavy atom. The van der Waals surface area contributed by atoms with Crippen molar-refractivity contribution in [2.24, 2.45) is 0 Å². The largest absolute Gasteiger partial charge is 0.493 e. The number of anilines is 1. The van der Waals surface area contributed by atoms with E-state index in [1.54, 1.807) is 14.2 Å². The minimum Gasteiger partial charge on any atom is -0.493 e. The molecule has 2 aliphatic heterocycles. The van der Waals surface area contributed by atoms with Gasteiger partial charge in [0.15, 0.2) is 11.5 Å². The average molecular weight is 561 g/mol. The van der Waals surface area contributed by atoms with Gasteiger partial charge in [0.05, 0.1) is 19.8 Å². The van der Waals surface area contributed by atoms with Gasteiger partial charge in [-0.1, -0.05) is 12.1 Å². The summed E-state index contributed by atoms with van der Waals surface area (Å²) < 4.78 is 50.5. The molecule has 0 aromatic heterocycles. The van der Waals surface area contributed by atoms with Crippen molar-refractivity contribution in [1.82, 2.24) is 15.1 Å². The highest BCUT2D eigenvalue weighted by molar-refractivity contribution is 5.89. The predicted octanol–water partition coefficient (Wildman–Crippen LogP) is 5.50. The monoisotopic (exact) mass is 560 g/mol. The first-order chi connectivity index (χ1) is 19.1. The van der Waals surface area contributed by atoms with Gasteiger partial charge in [-0.3, -0.25) is 4.90 Å². The van der Waals surface area contributed by atoms with Crippen molar-refractivity contribution < 1.29 is 27.4 Å². The first kappa shape index (κ1) is 28.5. The van der Waals surface area contributed by atoms with Crippen LogP contribution in [-0.4, -0.2) is 74.9 Å². The van der Waals surface area contributed by atoms with E-state index in [0.29, 0.717) is 17.5 Å². The molecule has 7 nitrogen and oxygen atoms in total. The summed E-state index contributed by atoms with van der Waals surface area (Å²) in [4.78, 5) is 17.9. The zero-order valence-corrected chi connectivity index (χ0v) is 23.4. The maximum atomic E-state index is 13.1. The number of hydrogen-bond acceptors (Lipinski definition) is 5. The molecule has 3 fully saturated rings. The van der Waals surface area contributed by atoms with Crippen LogP contribution in [0, 0.1) is 0 Å². The van der Waals surface area contributed by atoms with Crippen LogP contribution in [-0.2, 0) is 11.6 Å². The Morgan fingerprint density at radius 1 is 0.975 bits per heavy atom. The first-order valence-electron chi connectivity index (χ1n) is 14.0. The van der Waals surface area contributed by atoms with Gasteiger partial charge in [-0.25, -0.2) is 4.79 Å². The van der Waals surface area contributed by atoms with Crippen LogP contribution in [0.1, 0.15) is 49.7 Å². The molecule has 218 valence electrons. The van der Waals surface area contributed by atoms with Gasteiger partial charge in [0.2, 0.25) is 0 Å². The molecule has 2 saturated heterocycles. The third-order valence-electron chi connectivity index (χ3n) is 9.20. The van der Waals surface area contributed by atoms with Crippen molar-refractivity contribution in [2.45, 2.75) is 68.2 Å². The number of amides is 2. The van der Waals surface area contributed by atoms with Gasteiger partial charge in [-0.2, -0.15) is 13.2 Å². The average Bonchev–Trinajstić information content (AvgIpc) is 3.32. The molecule has 10 heteroatoms. The topological polar surface area (TPSA) is 66.1 Å². The second kappa shape index (κ2) is 11.5. The number of urea groups is 1. The number of nitrogens with one attached hydrogen (secondary N) is 2. The second-order valence-corrected chi connectivity index (χ2v) is 11.4. The molecule has 2 aromatic carbocycles. The normalized spacial score (nSPS) is 26.2. The Kier molecular flexibility index (Phi) is 8.20. The minimum absolute atomic E-state index is 0.0708. The number of benzene rings is 2. The molecule has 2 heterocycles. The summed E-state index contributed by atoms with van der Waals surface area (Å²) in [6.07, 6.45) is 1.24. The Balaban J connectivity index is 1.35. The molecule has 2 N–H and O–H groups in total. The van der Waals surface area contributed by atoms with Gasteiger partial charge >= 0.3 is 12.2 Å². The number of likely N-dealkylation sites (tertiary alicyclic amines) is 2. The third kappa shape index (κ3) is 5.74. The predicted molar refractivity (Wildman–Crippen MR) is 148 cm³/mol. The smallest absolute Gasteiger partial charge is 0.416 e. The highest BCUT2D eigenvalue weighted by atomic mass is 19.4. The van der Waals surface area contributed by atoms with Crippen LogP contribution in [0.25, 0.3) is 0 Å². The first-order valence-corrected chi connectivity index (χ1v) is 14.0. The number of alkyl halides is 3. The number of carbonyl (C=O) groups is 1. The number of piperidine rings is 1. The summed E-state index contributed by atoms with van der Waals surface area (Å²) in [5, 5.41) is 5.68. The Morgan fingerprint density at radius 3 is 2.42 bits per heavy atom. The molecule has 3 aliphatic rings. The van der Waals surface area contributed by atoms with E-state index in [2.05, 4.69) is 39.6 Å². The number of ether oxygens (including phenoxy) is 2. The summed E-state index contributed by atoms with van der Waals surface area (Å²) in [5.41, 5.74) is 0.495. The molecule has 0 radical (unpaired) electrons. The molecule has 3 atom stereocenters. The van der Waals surface area contributed by atoms with Gasteiger partial charge in [0.25, 0.3) is 0 Å². The second-order valence-electron chi connectivity index (χ2n) is 11.4. The van der Waals surface area contributed by atoms with E-state index in [-0.39, 0.29) is 23.2 Å². The number of hydrogen-bond donors (Lipinski definition) is 2. The van der Waals surface area contributed by atoms with Crippen molar-refractivity contribution in [1.29, 1.82) is 0 Å². The van der Waals surface area contributed by atoms with Gasteiger partial charge in [-0.15, -0.1) is 0 Å². The number of rotatable bonds is 6. The quantitative estimate of drug-likeness (QED) is 0.488. The van der Waals surface area contributed by atoms with Crippen molar-refractivity contribution in [2.75, 3.05) is 46.2 Å². The molecular weight excluding hydrogens is 521 g/mol. The van der Waals surface area contributed by atoms with Crippen LogP contribution in [0.4, 0.5) is 23.7 Å². The van der Waals surface area contributed by atoms with Crippen LogP contribution in [0.5, 0.6) is 11.5 Å². The molecule has 2 aromatic rings. The molecule has 0 unspecified atom stereocenters. The zero-order chi connectivity index (χ0) is 28.5. The molecular formula is C30H39F3N4O3. The molecule has 2 amide bonds. The molecule has 1 saturated carbocycles. The SMILES string of the molecule is COc1ccc([C@@]23CC[C@@H](NC(=O)Nc4cccc(C(F)(F)F)c4)C[C@@H]2N(C2CCN(C)CC2)CC3)cc1OC. The standard InChI is InChI=1S/C30H39F3N4O3/c1-36-14-10-24(11-15-36)37-16-13-29(20-7-8-25(39-2)26(18-20)40-3)12-9-23(19-27(29)37)35-28(38)34-22-6-4-5-21(17-22)30(31,32)33/h4-8,17-18,23-24,27H,9-16,19H2,1-3H3,(H2,34,35,38)/t23-,27+,29+/m1/s1. The number of fused-ring (bicyclic) bond motifs is 1. The lowest BCUT2D eigenvalue weighted by atomic mass is 9.65. The van der Waals surface area contributed by atoms with E-state index in [0.717, 1.165) is 70.3 Å². The Bertz CT molecular complexity index is 1200. The van der Waals surface area contributed by atoms with Crippen molar-refractivity contribution in [3.05, 3.63) is 53.6 Å². The van der Waals surface area contributed by atoms with Crippen molar-refractivity contribution in [3.8, 4) is 11.5 Å². The van der Waals surface area contributed by atoms with Gasteiger partial charge < -0.3 is 25.0 Å². The molecule has 1 aliphatic carbocycles. The number of methoxy groups -OCH3 is 2. The molecule has 0 spiro atoms. The van der Waals surface area contributed by atoms with E-state index < -0.39 is 17.8 Å². The van der Waals surface area contributed by atoms with Crippen LogP contribution in [0.3, 0.4) is 0 Å². The highest BCUT2D eigenvalue weighted by Crippen LogP contribution is 2.51. The highest BCUT2D eigenvalue weighted by Gasteiger charge is 2.53. The third-order valence-corrected chi connectivity index (χ3v) is 9.20. The summed E-state index contributed by atoms with van der Waals surface area (Å²) in [6.45, 7) is 3.13. The van der Waals surface area contributed by atoms with Crippen LogP contribution < -0.4 is 20.1 Å². The molecule has 5 rings (SSSR count). The Hall–Kier alpha value is -2.98. The van der Waals surface area contributed by atoms with Crippen molar-refractivity contribution >= 4 is 11.7 Å². The fourth-order valence-corrected chi connectivity index (χ4v) is 7.09. The lowest BCUT2D eigenvalue weighted by molar-refractivity contribution is -0.137. The summed E-state index contributed by atoms with van der Waals surface area (Å²) in [5.74, 6) is 1.41. The van der Waals surface area contributed by atoms with E-state index in [4.69, 9.17) is 9.47 Å². The lowest BCUT2D eigenvalue weighted by Gasteiger charge is -2.48. The van der Waals surface area contributed by atoms with E-state index in [1.807, 2.05) is 6.07 Å². The minimum atomic E-state index is -4.47. The van der Waals surface area contributed by atoms with Crippen LogP contribution >= 0.6 is 0 Å². The number of nitrogens with zero attached hydrogens (tertiary/aromatic N) is 2.